The fraction of sp³-hybridized carbons (Fsp3) is 0.917. The van der Waals surface area contributed by atoms with Crippen LogP contribution in [-0.4, -0.2) is 40.8 Å². The number of aliphatic carboxylic acids is 1. The Bertz CT molecular complexity index is 288. The van der Waals surface area contributed by atoms with Crippen LogP contribution in [0.3, 0.4) is 0 Å². The lowest BCUT2D eigenvalue weighted by Crippen LogP contribution is -2.46. The molecule has 6 heteroatoms. The van der Waals surface area contributed by atoms with Gasteiger partial charge in [0.05, 0.1) is 6.42 Å². The van der Waals surface area contributed by atoms with Crippen molar-refractivity contribution < 1.29 is 23.1 Å². The molecule has 0 aromatic carbocycles. The third-order valence-electron chi connectivity index (χ3n) is 3.58. The van der Waals surface area contributed by atoms with Gasteiger partial charge < -0.3 is 5.11 Å². The van der Waals surface area contributed by atoms with Crippen molar-refractivity contribution in [3.8, 4) is 0 Å². The maximum absolute atomic E-state index is 12.1. The number of carboxylic acids is 1. The van der Waals surface area contributed by atoms with Gasteiger partial charge in [0, 0.05) is 12.0 Å². The van der Waals surface area contributed by atoms with Crippen molar-refractivity contribution in [2.24, 2.45) is 0 Å². The molecule has 1 N–H and O–H groups in total. The van der Waals surface area contributed by atoms with Crippen molar-refractivity contribution >= 4 is 5.97 Å². The van der Waals surface area contributed by atoms with E-state index in [2.05, 4.69) is 0 Å². The van der Waals surface area contributed by atoms with Crippen LogP contribution in [0.2, 0.25) is 0 Å². The Morgan fingerprint density at radius 1 is 1.22 bits per heavy atom. The van der Waals surface area contributed by atoms with Gasteiger partial charge in [-0.05, 0) is 45.7 Å². The summed E-state index contributed by atoms with van der Waals surface area (Å²) >= 11 is 0. The minimum atomic E-state index is -4.16. The number of alkyl halides is 3. The number of likely N-dealkylation sites (tertiary alicyclic amines) is 1. The van der Waals surface area contributed by atoms with Crippen LogP contribution in [0, 0.1) is 0 Å². The Kier molecular flexibility index (Phi) is 5.01. The monoisotopic (exact) mass is 267 g/mol. The average molecular weight is 267 g/mol. The van der Waals surface area contributed by atoms with Crippen LogP contribution >= 0.6 is 0 Å². The van der Waals surface area contributed by atoms with E-state index in [1.165, 1.54) is 0 Å². The average Bonchev–Trinajstić information content (AvgIpc) is 2.66. The first-order valence-electron chi connectivity index (χ1n) is 6.26. The lowest BCUT2D eigenvalue weighted by atomic mass is 9.89. The summed E-state index contributed by atoms with van der Waals surface area (Å²) in [6.07, 6.45) is -2.83. The molecular formula is C12H20F3NO2. The molecule has 1 aliphatic heterocycles. The standard InChI is InChI=1S/C12H20F3NO2/c1-11(9-10(17)18,16-7-2-3-8-16)5-4-6-12(13,14)15/h2-9H2,1H3,(H,17,18). The first-order chi connectivity index (χ1) is 8.23. The highest BCUT2D eigenvalue weighted by molar-refractivity contribution is 5.68. The van der Waals surface area contributed by atoms with Crippen molar-refractivity contribution in [3.05, 3.63) is 0 Å². The van der Waals surface area contributed by atoms with Gasteiger partial charge in [-0.15, -0.1) is 0 Å². The zero-order valence-corrected chi connectivity index (χ0v) is 10.6. The summed E-state index contributed by atoms with van der Waals surface area (Å²) in [7, 11) is 0. The van der Waals surface area contributed by atoms with Crippen molar-refractivity contribution in [1.82, 2.24) is 4.90 Å². The Hall–Kier alpha value is -0.780. The molecular weight excluding hydrogens is 247 g/mol. The molecule has 106 valence electrons. The van der Waals surface area contributed by atoms with Crippen molar-refractivity contribution in [2.45, 2.75) is 57.2 Å². The molecule has 1 heterocycles. The first-order valence-corrected chi connectivity index (χ1v) is 6.26. The van der Waals surface area contributed by atoms with Crippen LogP contribution in [0.4, 0.5) is 13.2 Å². The quantitative estimate of drug-likeness (QED) is 0.804. The van der Waals surface area contributed by atoms with Crippen LogP contribution in [0.15, 0.2) is 0 Å². The van der Waals surface area contributed by atoms with Gasteiger partial charge in [-0.1, -0.05) is 0 Å². The van der Waals surface area contributed by atoms with Gasteiger partial charge >= 0.3 is 12.1 Å². The highest BCUT2D eigenvalue weighted by Crippen LogP contribution is 2.32. The van der Waals surface area contributed by atoms with Crippen molar-refractivity contribution in [1.29, 1.82) is 0 Å². The molecule has 0 bridgehead atoms. The smallest absolute Gasteiger partial charge is 0.389 e. The van der Waals surface area contributed by atoms with E-state index in [1.807, 2.05) is 4.90 Å². The van der Waals surface area contributed by atoms with E-state index in [0.717, 1.165) is 25.9 Å². The molecule has 1 saturated heterocycles. The zero-order chi connectivity index (χ0) is 13.8. The number of hydrogen-bond acceptors (Lipinski definition) is 2. The van der Waals surface area contributed by atoms with Gasteiger partial charge in [0.2, 0.25) is 0 Å². The molecule has 3 nitrogen and oxygen atoms in total. The fourth-order valence-electron chi connectivity index (χ4n) is 2.61. The molecule has 1 rings (SSSR count). The number of nitrogens with zero attached hydrogens (tertiary/aromatic N) is 1. The fourth-order valence-corrected chi connectivity index (χ4v) is 2.61. The number of hydrogen-bond donors (Lipinski definition) is 1. The molecule has 1 fully saturated rings. The maximum Gasteiger partial charge on any atom is 0.389 e. The van der Waals surface area contributed by atoms with Gasteiger partial charge in [-0.25, -0.2) is 0 Å². The minimum Gasteiger partial charge on any atom is -0.481 e. The number of carboxylic acid groups (broad SMARTS) is 1. The van der Waals surface area contributed by atoms with Crippen LogP contribution < -0.4 is 0 Å². The van der Waals surface area contributed by atoms with Crippen molar-refractivity contribution in [3.63, 3.8) is 0 Å². The molecule has 0 aliphatic carbocycles. The highest BCUT2D eigenvalue weighted by atomic mass is 19.4. The van der Waals surface area contributed by atoms with Crippen molar-refractivity contribution in [2.75, 3.05) is 13.1 Å². The van der Waals surface area contributed by atoms with E-state index in [4.69, 9.17) is 5.11 Å². The summed E-state index contributed by atoms with van der Waals surface area (Å²) in [6.45, 7) is 3.34. The van der Waals surface area contributed by atoms with Crippen LogP contribution in [-0.2, 0) is 4.79 Å². The predicted molar refractivity (Wildman–Crippen MR) is 61.4 cm³/mol. The summed E-state index contributed by atoms with van der Waals surface area (Å²) in [5, 5.41) is 8.92. The van der Waals surface area contributed by atoms with Gasteiger partial charge in [-0.3, -0.25) is 9.69 Å². The summed E-state index contributed by atoms with van der Waals surface area (Å²) in [4.78, 5) is 12.9. The van der Waals surface area contributed by atoms with E-state index in [1.54, 1.807) is 6.92 Å². The second kappa shape index (κ2) is 5.91. The van der Waals surface area contributed by atoms with E-state index < -0.39 is 24.1 Å². The van der Waals surface area contributed by atoms with E-state index in [0.29, 0.717) is 0 Å². The molecule has 0 spiro atoms. The SMILES string of the molecule is CC(CCCC(F)(F)F)(CC(=O)O)N1CCCC1. The van der Waals surface area contributed by atoms with Crippen LogP contribution in [0.25, 0.3) is 0 Å². The molecule has 1 unspecified atom stereocenters. The third kappa shape index (κ3) is 4.84. The molecule has 0 aromatic heterocycles. The van der Waals surface area contributed by atoms with E-state index >= 15 is 0 Å². The van der Waals surface area contributed by atoms with E-state index in [-0.39, 0.29) is 19.3 Å². The molecule has 18 heavy (non-hydrogen) atoms. The number of carbonyl (C=O) groups is 1. The maximum atomic E-state index is 12.1. The highest BCUT2D eigenvalue weighted by Gasteiger charge is 2.36. The second-order valence-electron chi connectivity index (χ2n) is 5.23. The zero-order valence-electron chi connectivity index (χ0n) is 10.6. The van der Waals surface area contributed by atoms with Crippen LogP contribution in [0.1, 0.15) is 45.4 Å². The Labute approximate surface area is 105 Å². The topological polar surface area (TPSA) is 40.5 Å². The Morgan fingerprint density at radius 3 is 2.22 bits per heavy atom. The summed E-state index contributed by atoms with van der Waals surface area (Å²) in [5.41, 5.74) is -0.645. The summed E-state index contributed by atoms with van der Waals surface area (Å²) in [6, 6.07) is 0. The number of rotatable bonds is 6. The molecule has 1 atom stereocenters. The molecule has 0 amide bonds. The molecule has 0 saturated carbocycles. The predicted octanol–water partition coefficient (Wildman–Crippen LogP) is 3.05. The summed E-state index contributed by atoms with van der Waals surface area (Å²) < 4.78 is 36.4. The number of halogens is 3. The lowest BCUT2D eigenvalue weighted by molar-refractivity contribution is -0.141. The second-order valence-corrected chi connectivity index (χ2v) is 5.23. The normalized spacial score (nSPS) is 20.9. The molecule has 0 radical (unpaired) electrons. The lowest BCUT2D eigenvalue weighted by Gasteiger charge is -2.38. The third-order valence-corrected chi connectivity index (χ3v) is 3.58. The largest absolute Gasteiger partial charge is 0.481 e. The molecule has 1 aliphatic rings. The Balaban J connectivity index is 2.56. The Morgan fingerprint density at radius 2 is 1.78 bits per heavy atom. The van der Waals surface area contributed by atoms with Gasteiger partial charge in [-0.2, -0.15) is 13.2 Å². The minimum absolute atomic E-state index is 0.0101. The first kappa shape index (κ1) is 15.3. The van der Waals surface area contributed by atoms with Gasteiger partial charge in [0.15, 0.2) is 0 Å². The van der Waals surface area contributed by atoms with E-state index in [9.17, 15) is 18.0 Å². The van der Waals surface area contributed by atoms with Gasteiger partial charge in [0.1, 0.15) is 0 Å². The molecule has 0 aromatic rings. The van der Waals surface area contributed by atoms with Gasteiger partial charge in [0.25, 0.3) is 0 Å². The van der Waals surface area contributed by atoms with Crippen LogP contribution in [0.5, 0.6) is 0 Å². The summed E-state index contributed by atoms with van der Waals surface area (Å²) in [5.74, 6) is -0.948.